The van der Waals surface area contributed by atoms with E-state index in [1.165, 1.54) is 12.8 Å². The second-order valence-corrected chi connectivity index (χ2v) is 10.3. The standard InChI is InChI=1S/C30H34N4O2/c1-3-21-22(4-2)32-26-25(31-21)27(33-15-9-5-10-16-33)23-24(28(26)34-17-11-6-12-18-34)30(36)20-14-8-7-13-19(20)29(23)35/h7-8,13-14H,3-6,9-12,15-18H2,1-2H3. The number of hydrogen-bond acceptors (Lipinski definition) is 6. The zero-order chi connectivity index (χ0) is 24.8. The fourth-order valence-electron chi connectivity index (χ4n) is 6.32. The van der Waals surface area contributed by atoms with E-state index in [-0.39, 0.29) is 11.6 Å². The first kappa shape index (κ1) is 23.1. The number of ketones is 2. The van der Waals surface area contributed by atoms with Crippen LogP contribution in [0.2, 0.25) is 0 Å². The molecule has 6 rings (SSSR count). The third kappa shape index (κ3) is 3.53. The van der Waals surface area contributed by atoms with E-state index in [1.807, 2.05) is 12.1 Å². The molecular weight excluding hydrogens is 448 g/mol. The maximum Gasteiger partial charge on any atom is 0.196 e. The molecule has 0 radical (unpaired) electrons. The number of anilines is 2. The topological polar surface area (TPSA) is 66.4 Å². The van der Waals surface area contributed by atoms with Crippen LogP contribution in [0.3, 0.4) is 0 Å². The normalized spacial score (nSPS) is 17.9. The van der Waals surface area contributed by atoms with E-state index in [1.54, 1.807) is 12.1 Å². The highest BCUT2D eigenvalue weighted by Gasteiger charge is 2.39. The predicted molar refractivity (Wildman–Crippen MR) is 144 cm³/mol. The molecule has 2 fully saturated rings. The van der Waals surface area contributed by atoms with Gasteiger partial charge in [0.25, 0.3) is 0 Å². The van der Waals surface area contributed by atoms with Crippen molar-refractivity contribution in [1.29, 1.82) is 0 Å². The van der Waals surface area contributed by atoms with Gasteiger partial charge in [0.1, 0.15) is 11.0 Å². The molecule has 6 heteroatoms. The van der Waals surface area contributed by atoms with E-state index in [9.17, 15) is 9.59 Å². The van der Waals surface area contributed by atoms with Gasteiger partial charge in [0.15, 0.2) is 11.6 Å². The van der Waals surface area contributed by atoms with E-state index >= 15 is 0 Å². The minimum Gasteiger partial charge on any atom is -0.369 e. The summed E-state index contributed by atoms with van der Waals surface area (Å²) < 4.78 is 0. The fraction of sp³-hybridized carbons (Fsp3) is 0.467. The summed E-state index contributed by atoms with van der Waals surface area (Å²) in [5.41, 5.74) is 7.35. The van der Waals surface area contributed by atoms with Crippen molar-refractivity contribution in [3.05, 3.63) is 57.9 Å². The minimum atomic E-state index is -0.0552. The number of hydrogen-bond donors (Lipinski definition) is 0. The van der Waals surface area contributed by atoms with Crippen molar-refractivity contribution in [3.63, 3.8) is 0 Å². The van der Waals surface area contributed by atoms with Gasteiger partial charge in [0.05, 0.1) is 33.9 Å². The maximum atomic E-state index is 14.2. The van der Waals surface area contributed by atoms with Gasteiger partial charge < -0.3 is 9.80 Å². The first-order valence-corrected chi connectivity index (χ1v) is 13.7. The summed E-state index contributed by atoms with van der Waals surface area (Å²) >= 11 is 0. The largest absolute Gasteiger partial charge is 0.369 e. The van der Waals surface area contributed by atoms with Crippen LogP contribution in [0.1, 0.15) is 95.6 Å². The van der Waals surface area contributed by atoms with Gasteiger partial charge in [-0.2, -0.15) is 0 Å². The summed E-state index contributed by atoms with van der Waals surface area (Å²) in [5, 5.41) is 0. The third-order valence-electron chi connectivity index (χ3n) is 8.11. The van der Waals surface area contributed by atoms with Gasteiger partial charge in [-0.3, -0.25) is 9.59 Å². The van der Waals surface area contributed by atoms with E-state index in [0.717, 1.165) is 98.5 Å². The highest BCUT2D eigenvalue weighted by Crippen LogP contribution is 2.46. The predicted octanol–water partition coefficient (Wildman–Crippen LogP) is 5.51. The molecule has 6 nitrogen and oxygen atoms in total. The smallest absolute Gasteiger partial charge is 0.196 e. The summed E-state index contributed by atoms with van der Waals surface area (Å²) in [7, 11) is 0. The second-order valence-electron chi connectivity index (χ2n) is 10.3. The van der Waals surface area contributed by atoms with Crippen LogP contribution in [0.25, 0.3) is 11.0 Å². The summed E-state index contributed by atoms with van der Waals surface area (Å²) in [4.78, 5) is 43.5. The molecule has 3 aliphatic rings. The van der Waals surface area contributed by atoms with Gasteiger partial charge in [-0.05, 0) is 51.4 Å². The van der Waals surface area contributed by atoms with Crippen molar-refractivity contribution in [3.8, 4) is 0 Å². The first-order valence-electron chi connectivity index (χ1n) is 13.7. The Kier molecular flexibility index (Phi) is 5.98. The number of benzene rings is 2. The van der Waals surface area contributed by atoms with Gasteiger partial charge in [-0.25, -0.2) is 9.97 Å². The van der Waals surface area contributed by atoms with Gasteiger partial charge in [0, 0.05) is 37.3 Å². The van der Waals surface area contributed by atoms with Crippen molar-refractivity contribution in [2.45, 2.75) is 65.2 Å². The van der Waals surface area contributed by atoms with Crippen LogP contribution in [0.4, 0.5) is 11.4 Å². The van der Waals surface area contributed by atoms with Crippen LogP contribution < -0.4 is 9.80 Å². The molecule has 2 saturated heterocycles. The number of nitrogens with zero attached hydrogens (tertiary/aromatic N) is 4. The molecule has 0 unspecified atom stereocenters. The van der Waals surface area contributed by atoms with Crippen LogP contribution in [0.15, 0.2) is 24.3 Å². The van der Waals surface area contributed by atoms with E-state index < -0.39 is 0 Å². The van der Waals surface area contributed by atoms with Crippen molar-refractivity contribution < 1.29 is 9.59 Å². The molecule has 2 aliphatic heterocycles. The monoisotopic (exact) mass is 482 g/mol. The molecule has 0 spiro atoms. The van der Waals surface area contributed by atoms with Crippen LogP contribution >= 0.6 is 0 Å². The number of carbonyl (C=O) groups excluding carboxylic acids is 2. The Labute approximate surface area is 212 Å². The summed E-state index contributed by atoms with van der Waals surface area (Å²) in [5.74, 6) is -0.110. The molecule has 1 aromatic heterocycles. The Hall–Kier alpha value is -3.28. The van der Waals surface area contributed by atoms with Crippen LogP contribution in [-0.2, 0) is 12.8 Å². The SMILES string of the molecule is CCc1nc2c(N3CCCCC3)c3c(c(N4CCCCC4)c2nc1CC)C(=O)c1ccccc1C3=O. The number of aromatic nitrogens is 2. The fourth-order valence-corrected chi connectivity index (χ4v) is 6.32. The maximum absolute atomic E-state index is 14.2. The Balaban J connectivity index is 1.76. The lowest BCUT2D eigenvalue weighted by Crippen LogP contribution is -2.36. The third-order valence-corrected chi connectivity index (χ3v) is 8.11. The molecule has 1 aliphatic carbocycles. The van der Waals surface area contributed by atoms with Crippen LogP contribution in [0, 0.1) is 0 Å². The van der Waals surface area contributed by atoms with Crippen molar-refractivity contribution in [2.75, 3.05) is 36.0 Å². The Bertz CT molecular complexity index is 1260. The molecular formula is C30H34N4O2. The van der Waals surface area contributed by atoms with E-state index in [0.29, 0.717) is 22.3 Å². The quantitative estimate of drug-likeness (QED) is 0.382. The zero-order valence-corrected chi connectivity index (χ0v) is 21.4. The molecule has 0 bridgehead atoms. The van der Waals surface area contributed by atoms with E-state index in [4.69, 9.17) is 9.97 Å². The lowest BCUT2D eigenvalue weighted by molar-refractivity contribution is 0.0980. The second kappa shape index (κ2) is 9.30. The molecule has 3 aromatic rings. The van der Waals surface area contributed by atoms with Gasteiger partial charge in [0.2, 0.25) is 0 Å². The van der Waals surface area contributed by atoms with E-state index in [2.05, 4.69) is 23.6 Å². The molecule has 36 heavy (non-hydrogen) atoms. The number of aryl methyl sites for hydroxylation is 2. The van der Waals surface area contributed by atoms with Gasteiger partial charge >= 0.3 is 0 Å². The Morgan fingerprint density at radius 2 is 1.03 bits per heavy atom. The molecule has 0 saturated carbocycles. The van der Waals surface area contributed by atoms with Gasteiger partial charge in [-0.15, -0.1) is 0 Å². The highest BCUT2D eigenvalue weighted by molar-refractivity contribution is 6.34. The van der Waals surface area contributed by atoms with Crippen molar-refractivity contribution >= 4 is 34.0 Å². The molecule has 0 atom stereocenters. The minimum absolute atomic E-state index is 0.0552. The Morgan fingerprint density at radius 1 is 0.639 bits per heavy atom. The van der Waals surface area contributed by atoms with Crippen LogP contribution in [0.5, 0.6) is 0 Å². The lowest BCUT2D eigenvalue weighted by atomic mass is 9.80. The average molecular weight is 483 g/mol. The lowest BCUT2D eigenvalue weighted by Gasteiger charge is -2.37. The summed E-state index contributed by atoms with van der Waals surface area (Å²) in [6.45, 7) is 7.70. The molecule has 0 N–H and O–H groups in total. The van der Waals surface area contributed by atoms with Gasteiger partial charge in [-0.1, -0.05) is 38.1 Å². The molecule has 0 amide bonds. The first-order chi connectivity index (χ1) is 17.6. The molecule has 186 valence electrons. The number of rotatable bonds is 4. The summed E-state index contributed by atoms with van der Waals surface area (Å²) in [6.07, 6.45) is 8.24. The van der Waals surface area contributed by atoms with Crippen molar-refractivity contribution in [1.82, 2.24) is 9.97 Å². The zero-order valence-electron chi connectivity index (χ0n) is 21.4. The highest BCUT2D eigenvalue weighted by atomic mass is 16.1. The molecule has 3 heterocycles. The molecule has 2 aromatic carbocycles. The van der Waals surface area contributed by atoms with Crippen molar-refractivity contribution in [2.24, 2.45) is 0 Å². The number of carbonyl (C=O) groups is 2. The van der Waals surface area contributed by atoms with Crippen LogP contribution in [-0.4, -0.2) is 47.7 Å². The average Bonchev–Trinajstić information content (AvgIpc) is 2.94. The number of fused-ring (bicyclic) bond motifs is 3. The number of piperidine rings is 2. The summed E-state index contributed by atoms with van der Waals surface area (Å²) in [6, 6.07) is 7.30. The Morgan fingerprint density at radius 3 is 1.39 bits per heavy atom.